The molecule has 4 aromatic carbocycles. The van der Waals surface area contributed by atoms with Crippen LogP contribution in [0.25, 0.3) is 41.7 Å². The van der Waals surface area contributed by atoms with Crippen LogP contribution in [0.4, 0.5) is 0 Å². The Labute approximate surface area is 164 Å². The quantitative estimate of drug-likeness (QED) is 0.273. The Bertz CT molecular complexity index is 1260. The number of aryl methyl sites for hydroxylation is 1. The van der Waals surface area contributed by atoms with Crippen LogP contribution in [0.15, 0.2) is 66.7 Å². The molecule has 5 aromatic rings. The fraction of sp³-hybridized carbons (Fsp3) is 0.231. The van der Waals surface area contributed by atoms with Crippen molar-refractivity contribution in [2.24, 2.45) is 0 Å². The van der Waals surface area contributed by atoms with Crippen molar-refractivity contribution < 1.29 is 0 Å². The lowest BCUT2D eigenvalue weighted by Crippen LogP contribution is -1.88. The van der Waals surface area contributed by atoms with E-state index >= 15 is 0 Å². The summed E-state index contributed by atoms with van der Waals surface area (Å²) in [5.41, 5.74) is 1.51. The fourth-order valence-corrected chi connectivity index (χ4v) is 5.42. The summed E-state index contributed by atoms with van der Waals surface area (Å²) in [6.45, 7) is 2.28. The van der Waals surface area contributed by atoms with E-state index in [2.05, 4.69) is 73.7 Å². The van der Waals surface area contributed by atoms with Gasteiger partial charge in [0.15, 0.2) is 0 Å². The van der Waals surface area contributed by atoms with Crippen molar-refractivity contribution in [2.45, 2.75) is 39.0 Å². The molecule has 0 amide bonds. The minimum Gasteiger partial charge on any atom is -0.135 e. The number of benzene rings is 4. The van der Waals surface area contributed by atoms with Crippen LogP contribution < -0.4 is 0 Å². The zero-order valence-electron chi connectivity index (χ0n) is 15.8. The van der Waals surface area contributed by atoms with Crippen LogP contribution in [0.2, 0.25) is 0 Å². The van der Waals surface area contributed by atoms with Gasteiger partial charge in [0.05, 0.1) is 0 Å². The van der Waals surface area contributed by atoms with Gasteiger partial charge in [0.25, 0.3) is 0 Å². The predicted octanol–water partition coefficient (Wildman–Crippen LogP) is 8.48. The van der Waals surface area contributed by atoms with Crippen molar-refractivity contribution in [1.29, 1.82) is 0 Å². The molecule has 0 saturated heterocycles. The van der Waals surface area contributed by atoms with E-state index in [1.807, 2.05) is 11.3 Å². The number of hydrogen-bond donors (Lipinski definition) is 0. The van der Waals surface area contributed by atoms with Gasteiger partial charge in [-0.05, 0) is 64.2 Å². The molecule has 0 nitrogen and oxygen atoms in total. The molecule has 0 saturated carbocycles. The van der Waals surface area contributed by atoms with Gasteiger partial charge in [0.1, 0.15) is 0 Å². The van der Waals surface area contributed by atoms with Crippen LogP contribution in [-0.4, -0.2) is 0 Å². The summed E-state index contributed by atoms with van der Waals surface area (Å²) < 4.78 is 2.79. The first-order chi connectivity index (χ1) is 13.3. The molecule has 0 aliphatic carbocycles. The molecule has 0 bridgehead atoms. The minimum atomic E-state index is 1.19. The van der Waals surface area contributed by atoms with Gasteiger partial charge in [-0.25, -0.2) is 0 Å². The molecule has 0 aliphatic rings. The van der Waals surface area contributed by atoms with E-state index in [4.69, 9.17) is 0 Å². The highest BCUT2D eigenvalue weighted by atomic mass is 32.1. The van der Waals surface area contributed by atoms with Crippen LogP contribution in [0.3, 0.4) is 0 Å². The summed E-state index contributed by atoms with van der Waals surface area (Å²) in [4.78, 5) is 0. The molecule has 0 unspecified atom stereocenters. The van der Waals surface area contributed by atoms with Gasteiger partial charge in [0, 0.05) is 20.2 Å². The zero-order chi connectivity index (χ0) is 18.2. The summed E-state index contributed by atoms with van der Waals surface area (Å²) in [7, 11) is 0. The lowest BCUT2D eigenvalue weighted by Gasteiger charge is -2.07. The van der Waals surface area contributed by atoms with Crippen LogP contribution in [0.5, 0.6) is 0 Å². The number of unbranched alkanes of at least 4 members (excludes halogenated alkanes) is 3. The van der Waals surface area contributed by atoms with E-state index in [1.165, 1.54) is 79.4 Å². The summed E-state index contributed by atoms with van der Waals surface area (Å²) in [5, 5.41) is 8.29. The van der Waals surface area contributed by atoms with Crippen molar-refractivity contribution in [1.82, 2.24) is 0 Å². The second-order valence-electron chi connectivity index (χ2n) is 7.59. The van der Waals surface area contributed by atoms with Crippen molar-refractivity contribution in [3.8, 4) is 0 Å². The molecule has 1 aromatic heterocycles. The first kappa shape index (κ1) is 16.8. The molecule has 1 heterocycles. The van der Waals surface area contributed by atoms with E-state index in [9.17, 15) is 0 Å². The molecule has 0 radical (unpaired) electrons. The molecule has 1 heteroatoms. The molecular formula is C26H24S. The SMILES string of the molecule is CCCCCCc1cccc2cc3sc4cc5ccccc5cc4c3cc12. The second kappa shape index (κ2) is 6.98. The highest BCUT2D eigenvalue weighted by molar-refractivity contribution is 7.26. The van der Waals surface area contributed by atoms with E-state index in [0.29, 0.717) is 0 Å². The lowest BCUT2D eigenvalue weighted by molar-refractivity contribution is 0.668. The monoisotopic (exact) mass is 368 g/mol. The average molecular weight is 369 g/mol. The summed E-state index contributed by atoms with van der Waals surface area (Å²) in [5.74, 6) is 0. The van der Waals surface area contributed by atoms with E-state index in [1.54, 1.807) is 0 Å². The Kier molecular flexibility index (Phi) is 4.33. The van der Waals surface area contributed by atoms with Crippen LogP contribution in [-0.2, 0) is 6.42 Å². The van der Waals surface area contributed by atoms with Gasteiger partial charge in [-0.2, -0.15) is 0 Å². The number of rotatable bonds is 5. The van der Waals surface area contributed by atoms with E-state index in [-0.39, 0.29) is 0 Å². The normalized spacial score (nSPS) is 11.9. The van der Waals surface area contributed by atoms with Crippen LogP contribution >= 0.6 is 11.3 Å². The van der Waals surface area contributed by atoms with Gasteiger partial charge >= 0.3 is 0 Å². The lowest BCUT2D eigenvalue weighted by atomic mass is 9.97. The number of hydrogen-bond acceptors (Lipinski definition) is 1. The third-order valence-corrected chi connectivity index (χ3v) is 6.84. The van der Waals surface area contributed by atoms with Crippen LogP contribution in [0, 0.1) is 0 Å². The summed E-state index contributed by atoms with van der Waals surface area (Å²) in [6.07, 6.45) is 6.46. The Hall–Kier alpha value is -2.38. The third-order valence-electron chi connectivity index (χ3n) is 5.73. The number of fused-ring (bicyclic) bond motifs is 5. The Morgan fingerprint density at radius 3 is 2.15 bits per heavy atom. The Morgan fingerprint density at radius 2 is 1.33 bits per heavy atom. The van der Waals surface area contributed by atoms with Gasteiger partial charge in [0.2, 0.25) is 0 Å². The smallest absolute Gasteiger partial charge is 0.0361 e. The van der Waals surface area contributed by atoms with Gasteiger partial charge in [-0.1, -0.05) is 68.7 Å². The molecule has 27 heavy (non-hydrogen) atoms. The van der Waals surface area contributed by atoms with Crippen LogP contribution in [0.1, 0.15) is 38.2 Å². The molecule has 0 fully saturated rings. The average Bonchev–Trinajstić information content (AvgIpc) is 3.04. The molecule has 0 N–H and O–H groups in total. The molecule has 5 rings (SSSR count). The fourth-order valence-electron chi connectivity index (χ4n) is 4.26. The Balaban J connectivity index is 1.69. The minimum absolute atomic E-state index is 1.19. The van der Waals surface area contributed by atoms with Crippen molar-refractivity contribution >= 4 is 53.1 Å². The number of thiophene rings is 1. The standard InChI is InChI=1S/C26H24S/c1-2-3-4-5-9-18-12-8-13-21-16-26-24(17-22(18)21)23-14-19-10-6-7-11-20(19)15-25(23)27-26/h6-8,10-17H,2-5,9H2,1H3. The van der Waals surface area contributed by atoms with Crippen molar-refractivity contribution in [3.05, 3.63) is 72.3 Å². The molecule has 134 valence electrons. The highest BCUT2D eigenvalue weighted by Gasteiger charge is 2.10. The predicted molar refractivity (Wildman–Crippen MR) is 122 cm³/mol. The third kappa shape index (κ3) is 3.00. The maximum atomic E-state index is 2.45. The zero-order valence-corrected chi connectivity index (χ0v) is 16.6. The second-order valence-corrected chi connectivity index (χ2v) is 8.68. The first-order valence-electron chi connectivity index (χ1n) is 10.1. The first-order valence-corrected chi connectivity index (χ1v) is 10.9. The maximum Gasteiger partial charge on any atom is 0.0361 e. The summed E-state index contributed by atoms with van der Waals surface area (Å²) in [6, 6.07) is 25.1. The van der Waals surface area contributed by atoms with Crippen molar-refractivity contribution in [3.63, 3.8) is 0 Å². The molecule has 0 spiro atoms. The largest absolute Gasteiger partial charge is 0.135 e. The molecular weight excluding hydrogens is 344 g/mol. The van der Waals surface area contributed by atoms with E-state index < -0.39 is 0 Å². The van der Waals surface area contributed by atoms with Gasteiger partial charge in [-0.15, -0.1) is 11.3 Å². The summed E-state index contributed by atoms with van der Waals surface area (Å²) >= 11 is 1.92. The highest BCUT2D eigenvalue weighted by Crippen LogP contribution is 2.39. The van der Waals surface area contributed by atoms with Gasteiger partial charge in [-0.3, -0.25) is 0 Å². The van der Waals surface area contributed by atoms with Gasteiger partial charge < -0.3 is 0 Å². The Morgan fingerprint density at radius 1 is 0.630 bits per heavy atom. The maximum absolute atomic E-state index is 2.45. The molecule has 0 aliphatic heterocycles. The topological polar surface area (TPSA) is 0 Å². The molecule has 0 atom stereocenters. The van der Waals surface area contributed by atoms with E-state index in [0.717, 1.165) is 0 Å². The van der Waals surface area contributed by atoms with Crippen molar-refractivity contribution in [2.75, 3.05) is 0 Å².